The zero-order valence-corrected chi connectivity index (χ0v) is 12.4. The molecule has 0 spiro atoms. The lowest BCUT2D eigenvalue weighted by atomic mass is 10.2. The van der Waals surface area contributed by atoms with Crippen molar-refractivity contribution in [2.75, 3.05) is 14.1 Å². The van der Waals surface area contributed by atoms with E-state index >= 15 is 0 Å². The average Bonchev–Trinajstić information content (AvgIpc) is 2.68. The van der Waals surface area contributed by atoms with Gasteiger partial charge < -0.3 is 14.6 Å². The molecule has 1 N–H and O–H groups in total. The molecule has 1 aromatic carbocycles. The molecule has 0 fully saturated rings. The first-order valence-corrected chi connectivity index (χ1v) is 6.48. The number of carbonyl (C=O) groups excluding carboxylic acids is 1. The summed E-state index contributed by atoms with van der Waals surface area (Å²) in [5.41, 5.74) is 0.650. The topological polar surface area (TPSA) is 62.5 Å². The molecule has 0 aliphatic heterocycles. The monoisotopic (exact) mass is 314 g/mol. The molecule has 0 atom stereocenters. The van der Waals surface area contributed by atoms with Gasteiger partial charge in [0.2, 0.25) is 5.91 Å². The maximum atomic E-state index is 11.8. The molecule has 106 valence electrons. The van der Waals surface area contributed by atoms with Gasteiger partial charge in [0.25, 0.3) is 0 Å². The minimum atomic E-state index is -1.08. The Morgan fingerprint density at radius 2 is 1.85 bits per heavy atom. The molecule has 0 saturated heterocycles. The van der Waals surface area contributed by atoms with Crippen molar-refractivity contribution >= 4 is 46.0 Å². The minimum Gasteiger partial charge on any atom is -0.478 e. The zero-order valence-electron chi connectivity index (χ0n) is 10.9. The van der Waals surface area contributed by atoms with Gasteiger partial charge in [-0.05, 0) is 12.1 Å². The number of fused-ring (bicyclic) bond motifs is 1. The van der Waals surface area contributed by atoms with Crippen LogP contribution in [0.1, 0.15) is 10.4 Å². The van der Waals surface area contributed by atoms with E-state index in [1.807, 2.05) is 0 Å². The summed E-state index contributed by atoms with van der Waals surface area (Å²) in [7, 11) is 3.27. The summed E-state index contributed by atoms with van der Waals surface area (Å²) >= 11 is 11.9. The fourth-order valence-electron chi connectivity index (χ4n) is 1.87. The number of amides is 1. The normalized spacial score (nSPS) is 10.8. The van der Waals surface area contributed by atoms with E-state index in [4.69, 9.17) is 23.2 Å². The highest BCUT2D eigenvalue weighted by Gasteiger charge is 2.18. The van der Waals surface area contributed by atoms with Gasteiger partial charge >= 0.3 is 5.97 Å². The Morgan fingerprint density at radius 1 is 1.25 bits per heavy atom. The Balaban J connectivity index is 2.63. The lowest BCUT2D eigenvalue weighted by Crippen LogP contribution is -2.25. The van der Waals surface area contributed by atoms with Gasteiger partial charge in [-0.3, -0.25) is 4.79 Å². The first-order valence-electron chi connectivity index (χ1n) is 5.72. The Morgan fingerprint density at radius 3 is 2.40 bits per heavy atom. The van der Waals surface area contributed by atoms with Gasteiger partial charge in [0.05, 0.1) is 21.1 Å². The van der Waals surface area contributed by atoms with Crippen LogP contribution in [-0.4, -0.2) is 40.5 Å². The van der Waals surface area contributed by atoms with Gasteiger partial charge in [-0.1, -0.05) is 23.2 Å². The highest BCUT2D eigenvalue weighted by Crippen LogP contribution is 2.31. The number of nitrogens with zero attached hydrogens (tertiary/aromatic N) is 2. The van der Waals surface area contributed by atoms with E-state index in [1.165, 1.54) is 17.2 Å². The van der Waals surface area contributed by atoms with Gasteiger partial charge in [0, 0.05) is 25.7 Å². The molecule has 5 nitrogen and oxygen atoms in total. The third-order valence-electron chi connectivity index (χ3n) is 2.96. The van der Waals surface area contributed by atoms with Gasteiger partial charge in [-0.2, -0.15) is 0 Å². The van der Waals surface area contributed by atoms with Crippen LogP contribution in [0.3, 0.4) is 0 Å². The Labute approximate surface area is 125 Å². The van der Waals surface area contributed by atoms with Crippen molar-refractivity contribution in [3.05, 3.63) is 33.9 Å². The molecule has 1 aromatic heterocycles. The fraction of sp³-hybridized carbons (Fsp3) is 0.231. The van der Waals surface area contributed by atoms with Crippen LogP contribution < -0.4 is 0 Å². The molecule has 2 rings (SSSR count). The van der Waals surface area contributed by atoms with Crippen molar-refractivity contribution in [2.45, 2.75) is 6.54 Å². The van der Waals surface area contributed by atoms with E-state index in [1.54, 1.807) is 24.7 Å². The van der Waals surface area contributed by atoms with Crippen LogP contribution in [0.15, 0.2) is 18.3 Å². The van der Waals surface area contributed by atoms with Crippen LogP contribution in [0.4, 0.5) is 0 Å². The lowest BCUT2D eigenvalue weighted by Gasteiger charge is -2.11. The number of rotatable bonds is 3. The van der Waals surface area contributed by atoms with E-state index in [0.717, 1.165) is 0 Å². The third kappa shape index (κ3) is 2.59. The van der Waals surface area contributed by atoms with Crippen molar-refractivity contribution in [3.63, 3.8) is 0 Å². The van der Waals surface area contributed by atoms with Crippen LogP contribution >= 0.6 is 23.2 Å². The highest BCUT2D eigenvalue weighted by atomic mass is 35.5. The third-order valence-corrected chi connectivity index (χ3v) is 3.68. The number of carbonyl (C=O) groups is 2. The Bertz CT molecular complexity index is 707. The van der Waals surface area contributed by atoms with Crippen molar-refractivity contribution in [1.29, 1.82) is 0 Å². The van der Waals surface area contributed by atoms with E-state index in [2.05, 4.69) is 0 Å². The number of carboxylic acids is 1. The maximum absolute atomic E-state index is 11.8. The van der Waals surface area contributed by atoms with Crippen molar-refractivity contribution in [3.8, 4) is 0 Å². The predicted molar refractivity (Wildman–Crippen MR) is 77.6 cm³/mol. The maximum Gasteiger partial charge on any atom is 0.337 e. The van der Waals surface area contributed by atoms with Crippen molar-refractivity contribution < 1.29 is 14.7 Å². The van der Waals surface area contributed by atoms with Crippen molar-refractivity contribution in [1.82, 2.24) is 9.47 Å². The predicted octanol–water partition coefficient (Wildman–Crippen LogP) is 2.73. The first kappa shape index (κ1) is 14.7. The smallest absolute Gasteiger partial charge is 0.337 e. The molecule has 1 amide bonds. The summed E-state index contributed by atoms with van der Waals surface area (Å²) in [4.78, 5) is 24.5. The molecule has 2 aromatic rings. The number of hydrogen-bond acceptors (Lipinski definition) is 2. The number of halogens is 2. The van der Waals surface area contributed by atoms with Crippen LogP contribution in [0.25, 0.3) is 10.9 Å². The van der Waals surface area contributed by atoms with Gasteiger partial charge in [0.1, 0.15) is 6.54 Å². The second kappa shape index (κ2) is 5.34. The quantitative estimate of drug-likeness (QED) is 0.947. The number of aromatic nitrogens is 1. The fourth-order valence-corrected chi connectivity index (χ4v) is 2.19. The van der Waals surface area contributed by atoms with E-state index in [9.17, 15) is 14.7 Å². The molecule has 1 heterocycles. The molecular formula is C13H12Cl2N2O3. The van der Waals surface area contributed by atoms with Crippen LogP contribution in [0.2, 0.25) is 10.0 Å². The molecule has 0 unspecified atom stereocenters. The zero-order chi connectivity index (χ0) is 15.0. The van der Waals surface area contributed by atoms with Gasteiger partial charge in [0.15, 0.2) is 0 Å². The molecule has 20 heavy (non-hydrogen) atoms. The SMILES string of the molecule is CN(C)C(=O)Cn1cc(C(=O)O)c2cc(Cl)c(Cl)cc21. The second-order valence-corrected chi connectivity index (χ2v) is 5.36. The average molecular weight is 315 g/mol. The second-order valence-electron chi connectivity index (χ2n) is 4.55. The number of carboxylic acid groups (broad SMARTS) is 1. The molecule has 0 aliphatic carbocycles. The van der Waals surface area contributed by atoms with Crippen molar-refractivity contribution in [2.24, 2.45) is 0 Å². The molecule has 0 bridgehead atoms. The molecule has 7 heteroatoms. The van der Waals surface area contributed by atoms with E-state index < -0.39 is 5.97 Å². The molecule has 0 radical (unpaired) electrons. The molecule has 0 saturated carbocycles. The highest BCUT2D eigenvalue weighted by molar-refractivity contribution is 6.43. The van der Waals surface area contributed by atoms with Crippen LogP contribution in [0, 0.1) is 0 Å². The summed E-state index contributed by atoms with van der Waals surface area (Å²) in [6, 6.07) is 3.06. The molecule has 0 aliphatic rings. The van der Waals surface area contributed by atoms with E-state index in [0.29, 0.717) is 15.9 Å². The standard InChI is InChI=1S/C13H12Cl2N2O3/c1-16(2)12(18)6-17-5-8(13(19)20)7-3-9(14)10(15)4-11(7)17/h3-5H,6H2,1-2H3,(H,19,20). The Kier molecular flexibility index (Phi) is 3.92. The Hall–Kier alpha value is -1.72. The lowest BCUT2D eigenvalue weighted by molar-refractivity contribution is -0.129. The van der Waals surface area contributed by atoms with Gasteiger partial charge in [-0.15, -0.1) is 0 Å². The largest absolute Gasteiger partial charge is 0.478 e. The van der Waals surface area contributed by atoms with Gasteiger partial charge in [-0.25, -0.2) is 4.79 Å². The summed E-state index contributed by atoms with van der Waals surface area (Å²) in [5, 5.41) is 10.3. The number of hydrogen-bond donors (Lipinski definition) is 1. The summed E-state index contributed by atoms with van der Waals surface area (Å²) in [6.07, 6.45) is 1.42. The van der Waals surface area contributed by atoms with E-state index in [-0.39, 0.29) is 23.0 Å². The number of likely N-dealkylation sites (N-methyl/N-ethyl adjacent to an activating group) is 1. The first-order chi connectivity index (χ1) is 9.31. The van der Waals surface area contributed by atoms with Crippen LogP contribution in [0.5, 0.6) is 0 Å². The summed E-state index contributed by atoms with van der Waals surface area (Å²) in [6.45, 7) is 0.0364. The minimum absolute atomic E-state index is 0.0364. The summed E-state index contributed by atoms with van der Waals surface area (Å²) < 4.78 is 1.56. The number of aromatic carboxylic acids is 1. The molecular weight excluding hydrogens is 303 g/mol. The number of benzene rings is 1. The van der Waals surface area contributed by atoms with Crippen LogP contribution in [-0.2, 0) is 11.3 Å². The summed E-state index contributed by atoms with van der Waals surface area (Å²) in [5.74, 6) is -1.23.